The third-order valence-electron chi connectivity index (χ3n) is 8.01. The standard InChI is InChI=1S/C28H46O4/c1-6-8-23-10-12-25(13-11-23)24-9-7-15-28(16-14-24,17-19-31-26(29)21(2)3)18-20-32-27(30)22(4)5/h23-25H,2,4,6-20H2,1,3,5H3. The molecule has 182 valence electrons. The highest BCUT2D eigenvalue weighted by atomic mass is 16.5. The average molecular weight is 447 g/mol. The Labute approximate surface area is 196 Å². The minimum absolute atomic E-state index is 0.0683. The predicted octanol–water partition coefficient (Wildman–Crippen LogP) is 7.18. The second-order valence-corrected chi connectivity index (χ2v) is 10.6. The summed E-state index contributed by atoms with van der Waals surface area (Å²) >= 11 is 0. The van der Waals surface area contributed by atoms with Gasteiger partial charge in [0.25, 0.3) is 0 Å². The molecule has 1 atom stereocenters. The van der Waals surface area contributed by atoms with Crippen molar-refractivity contribution in [3.8, 4) is 0 Å². The summed E-state index contributed by atoms with van der Waals surface area (Å²) < 4.78 is 10.9. The van der Waals surface area contributed by atoms with E-state index in [1.807, 2.05) is 0 Å². The quantitative estimate of drug-likeness (QED) is 0.192. The van der Waals surface area contributed by atoms with E-state index in [0.717, 1.165) is 43.4 Å². The third-order valence-corrected chi connectivity index (χ3v) is 8.01. The van der Waals surface area contributed by atoms with Crippen LogP contribution in [0.25, 0.3) is 0 Å². The van der Waals surface area contributed by atoms with Gasteiger partial charge in [0.15, 0.2) is 0 Å². The van der Waals surface area contributed by atoms with E-state index in [-0.39, 0.29) is 17.4 Å². The number of hydrogen-bond donors (Lipinski definition) is 0. The lowest BCUT2D eigenvalue weighted by Crippen LogP contribution is -2.27. The van der Waals surface area contributed by atoms with Gasteiger partial charge in [-0.25, -0.2) is 9.59 Å². The van der Waals surface area contributed by atoms with Crippen LogP contribution < -0.4 is 0 Å². The summed E-state index contributed by atoms with van der Waals surface area (Å²) in [7, 11) is 0. The monoisotopic (exact) mass is 446 g/mol. The molecule has 4 nitrogen and oxygen atoms in total. The highest BCUT2D eigenvalue weighted by molar-refractivity contribution is 5.87. The van der Waals surface area contributed by atoms with Crippen LogP contribution in [0.3, 0.4) is 0 Å². The number of esters is 2. The van der Waals surface area contributed by atoms with Crippen LogP contribution in [0, 0.1) is 23.2 Å². The topological polar surface area (TPSA) is 52.6 Å². The Morgan fingerprint density at radius 2 is 1.34 bits per heavy atom. The zero-order valence-electron chi connectivity index (χ0n) is 20.9. The molecule has 0 spiro atoms. The lowest BCUT2D eigenvalue weighted by atomic mass is 9.71. The number of rotatable bonds is 11. The Morgan fingerprint density at radius 1 is 0.812 bits per heavy atom. The van der Waals surface area contributed by atoms with E-state index in [0.29, 0.717) is 24.4 Å². The van der Waals surface area contributed by atoms with Crippen LogP contribution in [0.1, 0.15) is 104 Å². The van der Waals surface area contributed by atoms with Crippen LogP contribution in [0.4, 0.5) is 0 Å². The molecule has 0 aromatic heterocycles. The van der Waals surface area contributed by atoms with E-state index in [1.165, 1.54) is 57.8 Å². The van der Waals surface area contributed by atoms with Gasteiger partial charge in [-0.1, -0.05) is 58.6 Å². The fourth-order valence-electron chi connectivity index (χ4n) is 5.92. The van der Waals surface area contributed by atoms with E-state index >= 15 is 0 Å². The molecule has 0 radical (unpaired) electrons. The van der Waals surface area contributed by atoms with Gasteiger partial charge in [0.2, 0.25) is 0 Å². The first-order valence-electron chi connectivity index (χ1n) is 12.9. The highest BCUT2D eigenvalue weighted by Crippen LogP contribution is 2.47. The van der Waals surface area contributed by atoms with Gasteiger partial charge in [-0.3, -0.25) is 0 Å². The molecule has 2 aliphatic rings. The van der Waals surface area contributed by atoms with Gasteiger partial charge >= 0.3 is 11.9 Å². The molecule has 2 aliphatic carbocycles. The average Bonchev–Trinajstić information content (AvgIpc) is 2.97. The molecule has 2 rings (SSSR count). The molecule has 0 N–H and O–H groups in total. The highest BCUT2D eigenvalue weighted by Gasteiger charge is 2.36. The molecule has 0 heterocycles. The van der Waals surface area contributed by atoms with E-state index in [1.54, 1.807) is 13.8 Å². The molecule has 0 aromatic carbocycles. The third kappa shape index (κ3) is 8.41. The van der Waals surface area contributed by atoms with Gasteiger partial charge < -0.3 is 9.47 Å². The molecular weight excluding hydrogens is 400 g/mol. The molecule has 0 amide bonds. The van der Waals surface area contributed by atoms with Crippen LogP contribution in [-0.4, -0.2) is 25.2 Å². The Hall–Kier alpha value is -1.58. The van der Waals surface area contributed by atoms with Crippen molar-refractivity contribution >= 4 is 11.9 Å². The molecule has 0 saturated heterocycles. The van der Waals surface area contributed by atoms with Crippen molar-refractivity contribution in [2.45, 2.75) is 104 Å². The molecular formula is C28H46O4. The minimum atomic E-state index is -0.316. The summed E-state index contributed by atoms with van der Waals surface area (Å²) in [4.78, 5) is 23.7. The summed E-state index contributed by atoms with van der Waals surface area (Å²) in [5, 5.41) is 0. The Kier molecular flexibility index (Phi) is 11.0. The smallest absolute Gasteiger partial charge is 0.333 e. The zero-order chi connectivity index (χ0) is 23.6. The first kappa shape index (κ1) is 26.7. The molecule has 2 fully saturated rings. The minimum Gasteiger partial charge on any atom is -0.462 e. The summed E-state index contributed by atoms with van der Waals surface area (Å²) in [5.74, 6) is 2.01. The second kappa shape index (κ2) is 13.2. The van der Waals surface area contributed by atoms with Gasteiger partial charge in [0, 0.05) is 11.1 Å². The molecule has 4 heteroatoms. The zero-order valence-corrected chi connectivity index (χ0v) is 20.9. The fraction of sp³-hybridized carbons (Fsp3) is 0.786. The lowest BCUT2D eigenvalue weighted by Gasteiger charge is -2.35. The first-order chi connectivity index (χ1) is 15.3. The van der Waals surface area contributed by atoms with Gasteiger partial charge in [-0.05, 0) is 82.0 Å². The van der Waals surface area contributed by atoms with Gasteiger partial charge in [-0.2, -0.15) is 0 Å². The predicted molar refractivity (Wildman–Crippen MR) is 130 cm³/mol. The molecule has 0 bridgehead atoms. The Bertz CT molecular complexity index is 610. The van der Waals surface area contributed by atoms with Crippen molar-refractivity contribution in [1.29, 1.82) is 0 Å². The summed E-state index contributed by atoms with van der Waals surface area (Å²) in [6.45, 7) is 13.8. The van der Waals surface area contributed by atoms with Crippen molar-refractivity contribution in [3.63, 3.8) is 0 Å². The van der Waals surface area contributed by atoms with E-state index in [2.05, 4.69) is 20.1 Å². The molecule has 32 heavy (non-hydrogen) atoms. The van der Waals surface area contributed by atoms with Crippen molar-refractivity contribution in [2.24, 2.45) is 23.2 Å². The lowest BCUT2D eigenvalue weighted by molar-refractivity contribution is -0.140. The SMILES string of the molecule is C=C(C)C(=O)OCCC1(CCOC(=O)C(=C)C)CCCC(C2CCC(CCC)CC2)CC1. The van der Waals surface area contributed by atoms with Crippen LogP contribution in [0.2, 0.25) is 0 Å². The van der Waals surface area contributed by atoms with E-state index in [4.69, 9.17) is 9.47 Å². The molecule has 0 aromatic rings. The van der Waals surface area contributed by atoms with Gasteiger partial charge in [-0.15, -0.1) is 0 Å². The molecule has 2 saturated carbocycles. The van der Waals surface area contributed by atoms with Crippen molar-refractivity contribution < 1.29 is 19.1 Å². The normalized spacial score (nSPS) is 25.4. The maximum absolute atomic E-state index is 11.9. The number of carbonyl (C=O) groups excluding carboxylic acids is 2. The summed E-state index contributed by atoms with van der Waals surface area (Å²) in [6, 6.07) is 0. The Morgan fingerprint density at radius 3 is 1.84 bits per heavy atom. The van der Waals surface area contributed by atoms with Crippen LogP contribution >= 0.6 is 0 Å². The second-order valence-electron chi connectivity index (χ2n) is 10.6. The number of carbonyl (C=O) groups is 2. The number of hydrogen-bond acceptors (Lipinski definition) is 4. The number of ether oxygens (including phenoxy) is 2. The fourth-order valence-corrected chi connectivity index (χ4v) is 5.92. The van der Waals surface area contributed by atoms with E-state index < -0.39 is 0 Å². The van der Waals surface area contributed by atoms with Crippen LogP contribution in [0.15, 0.2) is 24.3 Å². The van der Waals surface area contributed by atoms with Crippen LogP contribution in [0.5, 0.6) is 0 Å². The molecule has 0 aliphatic heterocycles. The Balaban J connectivity index is 1.95. The maximum Gasteiger partial charge on any atom is 0.333 e. The maximum atomic E-state index is 11.9. The molecule has 1 unspecified atom stereocenters. The largest absolute Gasteiger partial charge is 0.462 e. The van der Waals surface area contributed by atoms with E-state index in [9.17, 15) is 9.59 Å². The van der Waals surface area contributed by atoms with Crippen molar-refractivity contribution in [1.82, 2.24) is 0 Å². The van der Waals surface area contributed by atoms with Crippen LogP contribution in [-0.2, 0) is 19.1 Å². The van der Waals surface area contributed by atoms with Crippen molar-refractivity contribution in [2.75, 3.05) is 13.2 Å². The summed E-state index contributed by atoms with van der Waals surface area (Å²) in [5.41, 5.74) is 0.946. The first-order valence-corrected chi connectivity index (χ1v) is 12.9. The van der Waals surface area contributed by atoms with Gasteiger partial charge in [0.1, 0.15) is 0 Å². The van der Waals surface area contributed by atoms with Crippen molar-refractivity contribution in [3.05, 3.63) is 24.3 Å². The summed E-state index contributed by atoms with van der Waals surface area (Å²) in [6.07, 6.45) is 16.0. The van der Waals surface area contributed by atoms with Gasteiger partial charge in [0.05, 0.1) is 13.2 Å².